The molecule has 0 aliphatic carbocycles. The molecule has 3 rings (SSSR count). The molecule has 0 fully saturated rings. The summed E-state index contributed by atoms with van der Waals surface area (Å²) in [6, 6.07) is 4.26. The topological polar surface area (TPSA) is 52.3 Å². The highest BCUT2D eigenvalue weighted by molar-refractivity contribution is 9.10. The molecule has 0 aliphatic heterocycles. The van der Waals surface area contributed by atoms with Crippen LogP contribution in [0.25, 0.3) is 5.65 Å². The van der Waals surface area contributed by atoms with Crippen molar-refractivity contribution in [2.24, 2.45) is 0 Å². The van der Waals surface area contributed by atoms with Gasteiger partial charge in [0.15, 0.2) is 0 Å². The summed E-state index contributed by atoms with van der Waals surface area (Å²) in [6.07, 6.45) is 4.79. The van der Waals surface area contributed by atoms with E-state index in [9.17, 15) is 4.39 Å². The maximum atomic E-state index is 13.2. The normalized spacial score (nSPS) is 10.8. The van der Waals surface area contributed by atoms with E-state index < -0.39 is 5.82 Å². The molecule has 18 heavy (non-hydrogen) atoms. The van der Waals surface area contributed by atoms with E-state index >= 15 is 0 Å². The average molecular weight is 309 g/mol. The van der Waals surface area contributed by atoms with Gasteiger partial charge < -0.3 is 4.74 Å². The summed E-state index contributed by atoms with van der Waals surface area (Å²) in [4.78, 5) is 4.05. The van der Waals surface area contributed by atoms with E-state index in [1.165, 1.54) is 18.5 Å². The Hall–Kier alpha value is -2.02. The molecule has 2 heterocycles. The van der Waals surface area contributed by atoms with E-state index in [-0.39, 0.29) is 5.88 Å². The minimum absolute atomic E-state index is 0.271. The SMILES string of the molecule is Fc1cc(Br)cc(Oc2nccn3cnnc23)c1. The molecule has 3 aromatic rings. The lowest BCUT2D eigenvalue weighted by Crippen LogP contribution is -1.93. The molecule has 0 atom stereocenters. The lowest BCUT2D eigenvalue weighted by atomic mass is 10.3. The van der Waals surface area contributed by atoms with E-state index in [1.807, 2.05) is 0 Å². The van der Waals surface area contributed by atoms with Crippen LogP contribution in [0.2, 0.25) is 0 Å². The van der Waals surface area contributed by atoms with Crippen LogP contribution in [0.5, 0.6) is 11.6 Å². The Labute approximate surface area is 109 Å². The average Bonchev–Trinajstić information content (AvgIpc) is 2.76. The molecule has 0 saturated carbocycles. The smallest absolute Gasteiger partial charge is 0.265 e. The molecule has 1 aromatic carbocycles. The minimum Gasteiger partial charge on any atom is -0.436 e. The van der Waals surface area contributed by atoms with Gasteiger partial charge in [0.05, 0.1) is 0 Å². The van der Waals surface area contributed by atoms with Crippen LogP contribution in [0.4, 0.5) is 4.39 Å². The number of hydrogen-bond acceptors (Lipinski definition) is 4. The van der Waals surface area contributed by atoms with E-state index in [0.717, 1.165) is 0 Å². The van der Waals surface area contributed by atoms with Crippen LogP contribution < -0.4 is 4.74 Å². The maximum absolute atomic E-state index is 13.2. The number of aromatic nitrogens is 4. The molecule has 0 N–H and O–H groups in total. The van der Waals surface area contributed by atoms with E-state index in [4.69, 9.17) is 4.74 Å². The summed E-state index contributed by atoms with van der Waals surface area (Å²) in [5, 5.41) is 7.63. The van der Waals surface area contributed by atoms with Crippen LogP contribution in [0, 0.1) is 5.82 Å². The number of hydrogen-bond donors (Lipinski definition) is 0. The zero-order chi connectivity index (χ0) is 12.5. The van der Waals surface area contributed by atoms with Crippen molar-refractivity contribution < 1.29 is 9.13 Å². The first-order valence-corrected chi connectivity index (χ1v) is 5.80. The minimum atomic E-state index is -0.396. The highest BCUT2D eigenvalue weighted by Crippen LogP contribution is 2.26. The van der Waals surface area contributed by atoms with Crippen LogP contribution in [-0.4, -0.2) is 19.6 Å². The van der Waals surface area contributed by atoms with Crippen molar-refractivity contribution >= 4 is 21.6 Å². The third-order valence-electron chi connectivity index (χ3n) is 2.23. The van der Waals surface area contributed by atoms with Gasteiger partial charge in [-0.05, 0) is 12.1 Å². The van der Waals surface area contributed by atoms with Gasteiger partial charge >= 0.3 is 0 Å². The highest BCUT2D eigenvalue weighted by Gasteiger charge is 2.08. The molecule has 2 aromatic heterocycles. The van der Waals surface area contributed by atoms with Crippen LogP contribution in [-0.2, 0) is 0 Å². The summed E-state index contributed by atoms with van der Waals surface area (Å²) in [6.45, 7) is 0. The molecule has 0 aliphatic rings. The molecule has 0 unspecified atom stereocenters. The molecule has 0 radical (unpaired) electrons. The van der Waals surface area contributed by atoms with Gasteiger partial charge in [-0.25, -0.2) is 9.37 Å². The fourth-order valence-electron chi connectivity index (χ4n) is 1.51. The van der Waals surface area contributed by atoms with Crippen LogP contribution in [0.3, 0.4) is 0 Å². The molecular formula is C11H6BrFN4O. The van der Waals surface area contributed by atoms with Crippen LogP contribution in [0.1, 0.15) is 0 Å². The monoisotopic (exact) mass is 308 g/mol. The summed E-state index contributed by atoms with van der Waals surface area (Å²) in [5.41, 5.74) is 0.470. The van der Waals surface area contributed by atoms with Crippen molar-refractivity contribution in [3.8, 4) is 11.6 Å². The highest BCUT2D eigenvalue weighted by atomic mass is 79.9. The van der Waals surface area contributed by atoms with Crippen molar-refractivity contribution in [3.63, 3.8) is 0 Å². The summed E-state index contributed by atoms with van der Waals surface area (Å²) < 4.78 is 21.0. The van der Waals surface area contributed by atoms with Gasteiger partial charge in [0.25, 0.3) is 5.88 Å². The van der Waals surface area contributed by atoms with Crippen LogP contribution in [0.15, 0.2) is 41.4 Å². The van der Waals surface area contributed by atoms with Crippen molar-refractivity contribution in [3.05, 3.63) is 47.2 Å². The molecule has 0 bridgehead atoms. The van der Waals surface area contributed by atoms with Gasteiger partial charge in [-0.1, -0.05) is 15.9 Å². The number of fused-ring (bicyclic) bond motifs is 1. The lowest BCUT2D eigenvalue weighted by molar-refractivity contribution is 0.459. The first-order valence-electron chi connectivity index (χ1n) is 5.01. The molecule has 0 amide bonds. The van der Waals surface area contributed by atoms with Crippen molar-refractivity contribution in [1.82, 2.24) is 19.6 Å². The van der Waals surface area contributed by atoms with Gasteiger partial charge in [0.2, 0.25) is 5.65 Å². The quantitative estimate of drug-likeness (QED) is 0.730. The molecule has 7 heteroatoms. The largest absolute Gasteiger partial charge is 0.436 e. The fourth-order valence-corrected chi connectivity index (χ4v) is 1.95. The first kappa shape index (κ1) is 11.1. The van der Waals surface area contributed by atoms with Gasteiger partial charge in [-0.15, -0.1) is 10.2 Å². The Morgan fingerprint density at radius 1 is 1.28 bits per heavy atom. The summed E-state index contributed by atoms with van der Waals surface area (Å²) >= 11 is 3.19. The predicted octanol–water partition coefficient (Wildman–Crippen LogP) is 2.82. The van der Waals surface area contributed by atoms with Gasteiger partial charge in [-0.2, -0.15) is 0 Å². The molecule has 90 valence electrons. The molecule has 0 saturated heterocycles. The van der Waals surface area contributed by atoms with Gasteiger partial charge in [0.1, 0.15) is 17.9 Å². The van der Waals surface area contributed by atoms with Gasteiger partial charge in [-0.3, -0.25) is 4.40 Å². The molecule has 0 spiro atoms. The molecular weight excluding hydrogens is 303 g/mol. The van der Waals surface area contributed by atoms with Crippen molar-refractivity contribution in [2.75, 3.05) is 0 Å². The molecule has 5 nitrogen and oxygen atoms in total. The number of halogens is 2. The standard InChI is InChI=1S/C11H6BrFN4O/c12-7-3-8(13)5-9(4-7)18-11-10-16-15-6-17(10)2-1-14-11/h1-6H. The Morgan fingerprint density at radius 3 is 3.00 bits per heavy atom. The fraction of sp³-hybridized carbons (Fsp3) is 0. The number of rotatable bonds is 2. The zero-order valence-corrected chi connectivity index (χ0v) is 10.5. The predicted molar refractivity (Wildman–Crippen MR) is 65.0 cm³/mol. The number of benzene rings is 1. The van der Waals surface area contributed by atoms with Crippen molar-refractivity contribution in [2.45, 2.75) is 0 Å². The summed E-state index contributed by atoms with van der Waals surface area (Å²) in [5.74, 6) is 0.214. The second-order valence-electron chi connectivity index (χ2n) is 3.50. The lowest BCUT2D eigenvalue weighted by Gasteiger charge is -2.05. The number of ether oxygens (including phenoxy) is 1. The van der Waals surface area contributed by atoms with E-state index in [1.54, 1.807) is 22.9 Å². The second-order valence-corrected chi connectivity index (χ2v) is 4.42. The Bertz CT molecular complexity index is 695. The second kappa shape index (κ2) is 4.34. The maximum Gasteiger partial charge on any atom is 0.265 e. The Kier molecular flexibility index (Phi) is 2.67. The van der Waals surface area contributed by atoms with Gasteiger partial charge in [0, 0.05) is 22.9 Å². The zero-order valence-electron chi connectivity index (χ0n) is 8.92. The van der Waals surface area contributed by atoms with Crippen LogP contribution >= 0.6 is 15.9 Å². The summed E-state index contributed by atoms with van der Waals surface area (Å²) in [7, 11) is 0. The van der Waals surface area contributed by atoms with E-state index in [2.05, 4.69) is 31.1 Å². The Morgan fingerprint density at radius 2 is 2.17 bits per heavy atom. The third kappa shape index (κ3) is 2.04. The van der Waals surface area contributed by atoms with Crippen molar-refractivity contribution in [1.29, 1.82) is 0 Å². The third-order valence-corrected chi connectivity index (χ3v) is 2.69. The number of nitrogens with zero attached hydrogens (tertiary/aromatic N) is 4. The van der Waals surface area contributed by atoms with E-state index in [0.29, 0.717) is 15.9 Å². The Balaban J connectivity index is 2.03. The first-order chi connectivity index (χ1) is 8.72.